The minimum atomic E-state index is -1.15. The van der Waals surface area contributed by atoms with Crippen molar-refractivity contribution in [3.63, 3.8) is 0 Å². The first-order chi connectivity index (χ1) is 9.40. The number of benzene rings is 1. The molecule has 0 saturated carbocycles. The Balaban J connectivity index is 2.61. The normalized spacial score (nSPS) is 10.3. The number of rotatable bonds is 3. The van der Waals surface area contributed by atoms with Gasteiger partial charge in [-0.25, -0.2) is 4.79 Å². The van der Waals surface area contributed by atoms with E-state index in [4.69, 9.17) is 5.11 Å². The molecule has 1 amide bonds. The first kappa shape index (κ1) is 14.1. The molecule has 0 atom stereocenters. The minimum Gasteiger partial charge on any atom is -0.506 e. The minimum absolute atomic E-state index is 0.0935. The number of amides is 1. The topological polar surface area (TPSA) is 115 Å². The predicted molar refractivity (Wildman–Crippen MR) is 74.7 cm³/mol. The van der Waals surface area contributed by atoms with Gasteiger partial charge in [-0.2, -0.15) is 5.10 Å². The summed E-state index contributed by atoms with van der Waals surface area (Å²) in [6, 6.07) is 4.29. The van der Waals surface area contributed by atoms with Gasteiger partial charge in [0.2, 0.25) is 5.91 Å². The summed E-state index contributed by atoms with van der Waals surface area (Å²) in [6.45, 7) is 1.30. The van der Waals surface area contributed by atoms with Crippen LogP contribution in [-0.4, -0.2) is 32.3 Å². The molecular formula is C12H10BrN3O4. The fraction of sp³-hybridized carbons (Fsp3) is 0.0833. The van der Waals surface area contributed by atoms with Crippen molar-refractivity contribution in [2.24, 2.45) is 0 Å². The van der Waals surface area contributed by atoms with Crippen LogP contribution in [0.2, 0.25) is 0 Å². The van der Waals surface area contributed by atoms with Gasteiger partial charge in [0.25, 0.3) is 0 Å². The molecule has 20 heavy (non-hydrogen) atoms. The maximum Gasteiger partial charge on any atom is 0.353 e. The van der Waals surface area contributed by atoms with E-state index < -0.39 is 5.97 Å². The fourth-order valence-electron chi connectivity index (χ4n) is 1.68. The highest BCUT2D eigenvalue weighted by atomic mass is 79.9. The maximum atomic E-state index is 11.2. The summed E-state index contributed by atoms with van der Waals surface area (Å²) >= 11 is 3.29. The molecule has 0 saturated heterocycles. The van der Waals surface area contributed by atoms with E-state index in [1.54, 1.807) is 6.07 Å². The first-order valence-electron chi connectivity index (χ1n) is 5.48. The molecule has 0 spiro atoms. The summed E-state index contributed by atoms with van der Waals surface area (Å²) in [4.78, 5) is 22.1. The van der Waals surface area contributed by atoms with Gasteiger partial charge in [-0.1, -0.05) is 15.9 Å². The Morgan fingerprint density at radius 3 is 2.65 bits per heavy atom. The number of aromatic hydroxyl groups is 1. The number of hydrogen-bond acceptors (Lipinski definition) is 4. The van der Waals surface area contributed by atoms with Crippen LogP contribution in [0, 0.1) is 0 Å². The standard InChI is InChI=1S/C12H10BrN3O4/c1-5(17)14-11-9(18)3-2-6(13)10(11)7-4-8(12(19)20)16-15-7/h2-4,18H,1H3,(H,14,17)(H,15,16)(H,19,20). The molecule has 2 aromatic rings. The van der Waals surface area contributed by atoms with Gasteiger partial charge in [0, 0.05) is 17.0 Å². The molecule has 0 bridgehead atoms. The molecule has 8 heteroatoms. The SMILES string of the molecule is CC(=O)Nc1c(O)ccc(Br)c1-c1cc(C(=O)O)[nH]n1. The van der Waals surface area contributed by atoms with Gasteiger partial charge in [0.1, 0.15) is 11.4 Å². The van der Waals surface area contributed by atoms with Crippen LogP contribution in [0.3, 0.4) is 0 Å². The molecule has 0 aliphatic heterocycles. The van der Waals surface area contributed by atoms with Crippen LogP contribution >= 0.6 is 15.9 Å². The summed E-state index contributed by atoms with van der Waals surface area (Å²) in [6.07, 6.45) is 0. The molecule has 2 rings (SSSR count). The molecule has 1 aromatic heterocycles. The van der Waals surface area contributed by atoms with E-state index in [1.807, 2.05) is 0 Å². The number of halogens is 1. The molecule has 0 radical (unpaired) electrons. The Morgan fingerprint density at radius 2 is 2.10 bits per heavy atom. The number of hydrogen-bond donors (Lipinski definition) is 4. The van der Waals surface area contributed by atoms with E-state index in [2.05, 4.69) is 31.4 Å². The lowest BCUT2D eigenvalue weighted by molar-refractivity contribution is -0.114. The maximum absolute atomic E-state index is 11.2. The van der Waals surface area contributed by atoms with Crippen LogP contribution in [0.15, 0.2) is 22.7 Å². The summed E-state index contributed by atoms with van der Waals surface area (Å²) < 4.78 is 0.558. The van der Waals surface area contributed by atoms with Crippen LogP contribution in [0.4, 0.5) is 5.69 Å². The van der Waals surface area contributed by atoms with Crippen LogP contribution in [0.5, 0.6) is 5.75 Å². The smallest absolute Gasteiger partial charge is 0.353 e. The Labute approximate surface area is 121 Å². The highest BCUT2D eigenvalue weighted by molar-refractivity contribution is 9.10. The fourth-order valence-corrected chi connectivity index (χ4v) is 2.21. The molecule has 1 heterocycles. The largest absolute Gasteiger partial charge is 0.506 e. The van der Waals surface area contributed by atoms with Crippen LogP contribution in [0.1, 0.15) is 17.4 Å². The Morgan fingerprint density at radius 1 is 1.40 bits per heavy atom. The van der Waals surface area contributed by atoms with E-state index >= 15 is 0 Å². The van der Waals surface area contributed by atoms with Crippen LogP contribution in [-0.2, 0) is 4.79 Å². The molecule has 104 valence electrons. The molecule has 7 nitrogen and oxygen atoms in total. The van der Waals surface area contributed by atoms with Crippen molar-refractivity contribution in [2.45, 2.75) is 6.92 Å². The monoisotopic (exact) mass is 339 g/mol. The van der Waals surface area contributed by atoms with Gasteiger partial charge in [-0.3, -0.25) is 9.89 Å². The number of aromatic amines is 1. The predicted octanol–water partition coefficient (Wildman–Crippen LogP) is 2.20. The average Bonchev–Trinajstić information content (AvgIpc) is 2.83. The second-order valence-electron chi connectivity index (χ2n) is 3.97. The van der Waals surface area contributed by atoms with Gasteiger partial charge in [-0.15, -0.1) is 0 Å². The third-order valence-corrected chi connectivity index (χ3v) is 3.16. The quantitative estimate of drug-likeness (QED) is 0.640. The molecule has 0 aliphatic rings. The van der Waals surface area contributed by atoms with Crippen molar-refractivity contribution in [1.29, 1.82) is 0 Å². The molecule has 1 aromatic carbocycles. The van der Waals surface area contributed by atoms with Gasteiger partial charge in [-0.05, 0) is 18.2 Å². The lowest BCUT2D eigenvalue weighted by Crippen LogP contribution is -2.07. The van der Waals surface area contributed by atoms with Crippen molar-refractivity contribution in [2.75, 3.05) is 5.32 Å². The number of anilines is 1. The molecule has 4 N–H and O–H groups in total. The number of carboxylic acids is 1. The zero-order valence-corrected chi connectivity index (χ0v) is 11.9. The summed E-state index contributed by atoms with van der Waals surface area (Å²) in [7, 11) is 0. The zero-order chi connectivity index (χ0) is 14.9. The number of H-pyrrole nitrogens is 1. The third-order valence-electron chi connectivity index (χ3n) is 2.50. The Kier molecular flexibility index (Phi) is 3.75. The number of aromatic nitrogens is 2. The number of phenolic OH excluding ortho intramolecular Hbond substituents is 1. The number of carboxylic acid groups (broad SMARTS) is 1. The molecule has 0 unspecified atom stereocenters. The van der Waals surface area contributed by atoms with E-state index in [9.17, 15) is 14.7 Å². The first-order valence-corrected chi connectivity index (χ1v) is 6.27. The number of phenols is 1. The van der Waals surface area contributed by atoms with Crippen LogP contribution in [0.25, 0.3) is 11.3 Å². The second kappa shape index (κ2) is 5.33. The van der Waals surface area contributed by atoms with E-state index in [1.165, 1.54) is 19.1 Å². The third kappa shape index (κ3) is 2.64. The van der Waals surface area contributed by atoms with E-state index in [0.29, 0.717) is 10.0 Å². The number of aromatic carboxylic acids is 1. The Hall–Kier alpha value is -2.35. The number of nitrogens with zero attached hydrogens (tertiary/aromatic N) is 1. The number of carbonyl (C=O) groups is 2. The van der Waals surface area contributed by atoms with Gasteiger partial charge >= 0.3 is 5.97 Å². The summed E-state index contributed by atoms with van der Waals surface area (Å²) in [5, 5.41) is 27.5. The lowest BCUT2D eigenvalue weighted by Gasteiger charge is -2.11. The summed E-state index contributed by atoms with van der Waals surface area (Å²) in [5.41, 5.74) is 0.747. The second-order valence-corrected chi connectivity index (χ2v) is 4.82. The Bertz CT molecular complexity index is 696. The highest BCUT2D eigenvalue weighted by Gasteiger charge is 2.18. The molecular weight excluding hydrogens is 330 g/mol. The molecule has 0 aliphatic carbocycles. The van der Waals surface area contributed by atoms with E-state index in [-0.39, 0.29) is 28.7 Å². The zero-order valence-electron chi connectivity index (χ0n) is 10.3. The van der Waals surface area contributed by atoms with Crippen molar-refractivity contribution in [3.05, 3.63) is 28.4 Å². The lowest BCUT2D eigenvalue weighted by atomic mass is 10.1. The van der Waals surface area contributed by atoms with Gasteiger partial charge in [0.05, 0.1) is 11.4 Å². The molecule has 0 fully saturated rings. The van der Waals surface area contributed by atoms with Crippen LogP contribution < -0.4 is 5.32 Å². The van der Waals surface area contributed by atoms with Gasteiger partial charge in [0.15, 0.2) is 0 Å². The van der Waals surface area contributed by atoms with Gasteiger partial charge < -0.3 is 15.5 Å². The van der Waals surface area contributed by atoms with Crippen molar-refractivity contribution in [3.8, 4) is 17.0 Å². The van der Waals surface area contributed by atoms with Crippen molar-refractivity contribution >= 4 is 33.5 Å². The summed E-state index contributed by atoms with van der Waals surface area (Å²) in [5.74, 6) is -1.66. The van der Waals surface area contributed by atoms with Crippen molar-refractivity contribution < 1.29 is 19.8 Å². The number of carbonyl (C=O) groups excluding carboxylic acids is 1. The van der Waals surface area contributed by atoms with E-state index in [0.717, 1.165) is 0 Å². The average molecular weight is 340 g/mol. The highest BCUT2D eigenvalue weighted by Crippen LogP contribution is 2.40. The number of nitrogens with one attached hydrogen (secondary N) is 2. The van der Waals surface area contributed by atoms with Crippen molar-refractivity contribution in [1.82, 2.24) is 10.2 Å².